The van der Waals surface area contributed by atoms with Gasteiger partial charge in [0.05, 0.1) is 0 Å². The molecule has 0 fully saturated rings. The highest BCUT2D eigenvalue weighted by atomic mass is 35.5. The summed E-state index contributed by atoms with van der Waals surface area (Å²) in [7, 11) is 0. The van der Waals surface area contributed by atoms with Crippen molar-refractivity contribution in [3.05, 3.63) is 64.9 Å². The molecule has 4 nitrogen and oxygen atoms in total. The summed E-state index contributed by atoms with van der Waals surface area (Å²) >= 11 is 6.12. The molecule has 100 valence electrons. The summed E-state index contributed by atoms with van der Waals surface area (Å²) in [5, 5.41) is 4.67. The largest absolute Gasteiger partial charge is 0.399 e. The molecule has 3 aromatic rings. The molecular weight excluding hydrogens is 274 g/mol. The van der Waals surface area contributed by atoms with E-state index >= 15 is 0 Å². The van der Waals surface area contributed by atoms with Crippen LogP contribution in [0.15, 0.2) is 53.1 Å². The number of rotatable bonds is 3. The van der Waals surface area contributed by atoms with Gasteiger partial charge in [-0.3, -0.25) is 0 Å². The van der Waals surface area contributed by atoms with E-state index in [4.69, 9.17) is 21.9 Å². The zero-order valence-electron chi connectivity index (χ0n) is 10.6. The third kappa shape index (κ3) is 2.65. The average Bonchev–Trinajstić information content (AvgIpc) is 2.90. The Morgan fingerprint density at radius 3 is 2.75 bits per heavy atom. The molecule has 0 aliphatic heterocycles. The van der Waals surface area contributed by atoms with Crippen molar-refractivity contribution in [1.29, 1.82) is 0 Å². The second-order valence-corrected chi connectivity index (χ2v) is 4.82. The molecule has 0 aliphatic rings. The van der Waals surface area contributed by atoms with E-state index in [2.05, 4.69) is 10.1 Å². The number of aromatic nitrogens is 2. The first-order valence-electron chi connectivity index (χ1n) is 6.14. The maximum absolute atomic E-state index is 6.12. The summed E-state index contributed by atoms with van der Waals surface area (Å²) in [6.07, 6.45) is 0.533. The molecule has 20 heavy (non-hydrogen) atoms. The summed E-state index contributed by atoms with van der Waals surface area (Å²) in [6.45, 7) is 0. The highest BCUT2D eigenvalue weighted by molar-refractivity contribution is 6.31. The minimum Gasteiger partial charge on any atom is -0.399 e. The van der Waals surface area contributed by atoms with Crippen molar-refractivity contribution in [2.75, 3.05) is 5.73 Å². The lowest BCUT2D eigenvalue weighted by molar-refractivity contribution is 0.424. The van der Waals surface area contributed by atoms with Crippen molar-refractivity contribution >= 4 is 17.3 Å². The molecule has 2 N–H and O–H groups in total. The van der Waals surface area contributed by atoms with E-state index in [1.807, 2.05) is 42.5 Å². The predicted molar refractivity (Wildman–Crippen MR) is 78.4 cm³/mol. The number of nitrogen functional groups attached to an aromatic ring is 1. The average molecular weight is 286 g/mol. The Morgan fingerprint density at radius 2 is 1.95 bits per heavy atom. The maximum atomic E-state index is 6.12. The van der Waals surface area contributed by atoms with Gasteiger partial charge in [-0.05, 0) is 29.8 Å². The smallest absolute Gasteiger partial charge is 0.258 e. The van der Waals surface area contributed by atoms with Crippen LogP contribution in [0.1, 0.15) is 11.4 Å². The lowest BCUT2D eigenvalue weighted by Gasteiger charge is -1.99. The fraction of sp³-hybridized carbons (Fsp3) is 0.0667. The number of hydrogen-bond donors (Lipinski definition) is 1. The molecule has 0 atom stereocenters. The SMILES string of the molecule is Nc1cccc(-c2nc(Cc3ccccc3Cl)no2)c1. The lowest BCUT2D eigenvalue weighted by atomic mass is 10.1. The molecule has 0 amide bonds. The lowest BCUT2D eigenvalue weighted by Crippen LogP contribution is -1.91. The van der Waals surface area contributed by atoms with Crippen molar-refractivity contribution in [1.82, 2.24) is 10.1 Å². The van der Waals surface area contributed by atoms with Gasteiger partial charge in [0, 0.05) is 22.7 Å². The van der Waals surface area contributed by atoms with Crippen LogP contribution >= 0.6 is 11.6 Å². The van der Waals surface area contributed by atoms with Crippen LogP contribution in [0.4, 0.5) is 5.69 Å². The minimum atomic E-state index is 0.458. The van der Waals surface area contributed by atoms with Crippen molar-refractivity contribution in [3.8, 4) is 11.5 Å². The highest BCUT2D eigenvalue weighted by Crippen LogP contribution is 2.22. The standard InChI is InChI=1S/C15H12ClN3O/c16-13-7-2-1-4-10(13)9-14-18-15(20-19-14)11-5-3-6-12(17)8-11/h1-8H,9,17H2. The molecule has 5 heteroatoms. The molecule has 3 rings (SSSR count). The van der Waals surface area contributed by atoms with Crippen LogP contribution in [0.3, 0.4) is 0 Å². The van der Waals surface area contributed by atoms with Crippen LogP contribution in [0.2, 0.25) is 5.02 Å². The Kier molecular flexibility index (Phi) is 3.39. The Hall–Kier alpha value is -2.33. The van der Waals surface area contributed by atoms with Gasteiger partial charge in [0.2, 0.25) is 0 Å². The third-order valence-corrected chi connectivity index (χ3v) is 3.28. The van der Waals surface area contributed by atoms with Crippen molar-refractivity contribution in [3.63, 3.8) is 0 Å². The van der Waals surface area contributed by atoms with E-state index in [0.717, 1.165) is 11.1 Å². The number of hydrogen-bond acceptors (Lipinski definition) is 4. The Morgan fingerprint density at radius 1 is 1.10 bits per heavy atom. The molecule has 2 aromatic carbocycles. The van der Waals surface area contributed by atoms with Gasteiger partial charge in [-0.15, -0.1) is 0 Å². The van der Waals surface area contributed by atoms with E-state index in [1.54, 1.807) is 6.07 Å². The first-order chi connectivity index (χ1) is 9.72. The Bertz CT molecular complexity index is 739. The van der Waals surface area contributed by atoms with Crippen molar-refractivity contribution in [2.45, 2.75) is 6.42 Å². The molecule has 1 aromatic heterocycles. The van der Waals surface area contributed by atoms with Crippen LogP contribution in [-0.4, -0.2) is 10.1 Å². The van der Waals surface area contributed by atoms with E-state index in [9.17, 15) is 0 Å². The number of nitrogens with two attached hydrogens (primary N) is 1. The third-order valence-electron chi connectivity index (χ3n) is 2.91. The fourth-order valence-corrected chi connectivity index (χ4v) is 2.13. The van der Waals surface area contributed by atoms with E-state index in [-0.39, 0.29) is 0 Å². The van der Waals surface area contributed by atoms with Gasteiger partial charge in [-0.1, -0.05) is 41.0 Å². The van der Waals surface area contributed by atoms with E-state index in [0.29, 0.717) is 28.8 Å². The van der Waals surface area contributed by atoms with Crippen LogP contribution in [0.25, 0.3) is 11.5 Å². The van der Waals surface area contributed by atoms with Gasteiger partial charge in [-0.25, -0.2) is 0 Å². The number of anilines is 1. The topological polar surface area (TPSA) is 64.9 Å². The molecule has 1 heterocycles. The van der Waals surface area contributed by atoms with Gasteiger partial charge in [0.15, 0.2) is 5.82 Å². The molecule has 0 aliphatic carbocycles. The molecule has 0 radical (unpaired) electrons. The predicted octanol–water partition coefficient (Wildman–Crippen LogP) is 3.56. The van der Waals surface area contributed by atoms with Gasteiger partial charge in [0.25, 0.3) is 5.89 Å². The maximum Gasteiger partial charge on any atom is 0.258 e. The van der Waals surface area contributed by atoms with Crippen LogP contribution in [-0.2, 0) is 6.42 Å². The monoisotopic (exact) mass is 285 g/mol. The Balaban J connectivity index is 1.86. The summed E-state index contributed by atoms with van der Waals surface area (Å²) < 4.78 is 5.26. The summed E-state index contributed by atoms with van der Waals surface area (Å²) in [5.74, 6) is 1.05. The molecule has 0 unspecified atom stereocenters. The zero-order valence-corrected chi connectivity index (χ0v) is 11.3. The zero-order chi connectivity index (χ0) is 13.9. The van der Waals surface area contributed by atoms with E-state index < -0.39 is 0 Å². The van der Waals surface area contributed by atoms with Gasteiger partial charge in [-0.2, -0.15) is 4.98 Å². The normalized spacial score (nSPS) is 10.7. The van der Waals surface area contributed by atoms with Crippen molar-refractivity contribution in [2.24, 2.45) is 0 Å². The molecular formula is C15H12ClN3O. The van der Waals surface area contributed by atoms with Gasteiger partial charge < -0.3 is 10.3 Å². The van der Waals surface area contributed by atoms with Crippen LogP contribution in [0.5, 0.6) is 0 Å². The van der Waals surface area contributed by atoms with Gasteiger partial charge >= 0.3 is 0 Å². The van der Waals surface area contributed by atoms with Crippen LogP contribution in [0, 0.1) is 0 Å². The Labute approximate surface area is 121 Å². The first kappa shape index (κ1) is 12.7. The quantitative estimate of drug-likeness (QED) is 0.747. The number of nitrogens with zero attached hydrogens (tertiary/aromatic N) is 2. The molecule has 0 saturated heterocycles. The molecule has 0 bridgehead atoms. The van der Waals surface area contributed by atoms with Crippen molar-refractivity contribution < 1.29 is 4.52 Å². The van der Waals surface area contributed by atoms with Crippen LogP contribution < -0.4 is 5.73 Å². The minimum absolute atomic E-state index is 0.458. The number of halogens is 1. The number of benzene rings is 2. The molecule has 0 spiro atoms. The summed E-state index contributed by atoms with van der Waals surface area (Å²) in [6, 6.07) is 14.9. The van der Waals surface area contributed by atoms with Gasteiger partial charge in [0.1, 0.15) is 0 Å². The second-order valence-electron chi connectivity index (χ2n) is 4.41. The summed E-state index contributed by atoms with van der Waals surface area (Å²) in [4.78, 5) is 4.37. The second kappa shape index (κ2) is 5.35. The molecule has 0 saturated carbocycles. The summed E-state index contributed by atoms with van der Waals surface area (Å²) in [5.41, 5.74) is 8.17. The fourth-order valence-electron chi connectivity index (χ4n) is 1.93. The highest BCUT2D eigenvalue weighted by Gasteiger charge is 2.10. The van der Waals surface area contributed by atoms with E-state index in [1.165, 1.54) is 0 Å². The first-order valence-corrected chi connectivity index (χ1v) is 6.52.